The number of carbonyl (C=O) groups is 2. The molecule has 19 heavy (non-hydrogen) atoms. The first-order valence-electron chi connectivity index (χ1n) is 5.88. The monoisotopic (exact) mass is 261 g/mol. The molecule has 2 N–H and O–H groups in total. The van der Waals surface area contributed by atoms with Crippen molar-refractivity contribution in [1.82, 2.24) is 15.5 Å². The highest BCUT2D eigenvalue weighted by Gasteiger charge is 2.38. The summed E-state index contributed by atoms with van der Waals surface area (Å²) in [6, 6.07) is 4.89. The number of urea groups is 1. The number of likely N-dealkylation sites (N-methyl/N-ethyl adjacent to an activating group) is 1. The average molecular weight is 261 g/mol. The van der Waals surface area contributed by atoms with Gasteiger partial charge in [0.1, 0.15) is 5.82 Å². The Balaban J connectivity index is 2.04. The zero-order chi connectivity index (χ0) is 13.6. The Hall–Kier alpha value is -2.37. The van der Waals surface area contributed by atoms with E-state index in [-0.39, 0.29) is 17.8 Å². The highest BCUT2D eigenvalue weighted by atomic mass is 19.1. The highest BCUT2D eigenvalue weighted by molar-refractivity contribution is 6.01. The van der Waals surface area contributed by atoms with Gasteiger partial charge >= 0.3 is 6.03 Å². The molecule has 0 saturated carbocycles. The molecule has 1 aromatic rings. The van der Waals surface area contributed by atoms with Crippen molar-refractivity contribution in [3.63, 3.8) is 0 Å². The number of carbonyl (C=O) groups excluding carboxylic acids is 2. The summed E-state index contributed by atoms with van der Waals surface area (Å²) in [5, 5.41) is 5.34. The van der Waals surface area contributed by atoms with Crippen LogP contribution in [0.2, 0.25) is 0 Å². The third kappa shape index (κ3) is 1.85. The lowest BCUT2D eigenvalue weighted by atomic mass is 9.96. The number of rotatable bonds is 1. The van der Waals surface area contributed by atoms with E-state index in [0.717, 1.165) is 0 Å². The third-order valence-electron chi connectivity index (χ3n) is 3.33. The van der Waals surface area contributed by atoms with Crippen molar-refractivity contribution >= 4 is 11.9 Å². The summed E-state index contributed by atoms with van der Waals surface area (Å²) in [6.45, 7) is 0.388. The Morgan fingerprint density at radius 2 is 1.95 bits per heavy atom. The second-order valence-corrected chi connectivity index (χ2v) is 4.64. The van der Waals surface area contributed by atoms with Gasteiger partial charge in [0.15, 0.2) is 0 Å². The molecule has 2 aliphatic rings. The predicted molar refractivity (Wildman–Crippen MR) is 65.5 cm³/mol. The van der Waals surface area contributed by atoms with Crippen LogP contribution in [-0.2, 0) is 4.79 Å². The lowest BCUT2D eigenvalue weighted by molar-refractivity contribution is -0.124. The van der Waals surface area contributed by atoms with Crippen LogP contribution < -0.4 is 10.6 Å². The molecule has 1 atom stereocenters. The van der Waals surface area contributed by atoms with Gasteiger partial charge in [-0.05, 0) is 17.7 Å². The van der Waals surface area contributed by atoms with Crippen molar-refractivity contribution in [1.29, 1.82) is 0 Å². The molecule has 0 aromatic heterocycles. The van der Waals surface area contributed by atoms with Gasteiger partial charge in [0.25, 0.3) is 5.91 Å². The molecule has 0 radical (unpaired) electrons. The van der Waals surface area contributed by atoms with E-state index in [0.29, 0.717) is 23.4 Å². The Morgan fingerprint density at radius 1 is 1.26 bits per heavy atom. The van der Waals surface area contributed by atoms with Gasteiger partial charge in [-0.3, -0.25) is 4.79 Å². The van der Waals surface area contributed by atoms with E-state index < -0.39 is 6.04 Å². The minimum atomic E-state index is -0.526. The lowest BCUT2D eigenvalue weighted by Crippen LogP contribution is -2.44. The van der Waals surface area contributed by atoms with Crippen LogP contribution in [-0.4, -0.2) is 30.4 Å². The second-order valence-electron chi connectivity index (χ2n) is 4.64. The molecule has 98 valence electrons. The van der Waals surface area contributed by atoms with Gasteiger partial charge < -0.3 is 15.5 Å². The Kier molecular flexibility index (Phi) is 2.51. The molecule has 5 nitrogen and oxygen atoms in total. The Morgan fingerprint density at radius 3 is 2.63 bits per heavy atom. The number of nitrogens with zero attached hydrogens (tertiary/aromatic N) is 1. The first-order chi connectivity index (χ1) is 9.06. The smallest absolute Gasteiger partial charge is 0.319 e. The molecule has 2 aliphatic heterocycles. The molecule has 0 spiro atoms. The maximum Gasteiger partial charge on any atom is 0.319 e. The van der Waals surface area contributed by atoms with E-state index in [1.54, 1.807) is 19.2 Å². The van der Waals surface area contributed by atoms with Crippen LogP contribution in [0.3, 0.4) is 0 Å². The number of nitrogens with one attached hydrogen (secondary N) is 2. The van der Waals surface area contributed by atoms with Crippen molar-refractivity contribution in [2.75, 3.05) is 13.6 Å². The first kappa shape index (κ1) is 11.7. The van der Waals surface area contributed by atoms with Crippen LogP contribution in [0, 0.1) is 5.82 Å². The normalized spacial score (nSPS) is 22.2. The van der Waals surface area contributed by atoms with E-state index in [2.05, 4.69) is 10.6 Å². The summed E-state index contributed by atoms with van der Waals surface area (Å²) in [4.78, 5) is 25.2. The Bertz CT molecular complexity index is 594. The first-order valence-corrected chi connectivity index (χ1v) is 5.88. The van der Waals surface area contributed by atoms with E-state index >= 15 is 0 Å². The average Bonchev–Trinajstić information content (AvgIpc) is 2.65. The predicted octanol–water partition coefficient (Wildman–Crippen LogP) is 0.906. The number of amides is 3. The van der Waals surface area contributed by atoms with Crippen molar-refractivity contribution in [2.24, 2.45) is 0 Å². The zero-order valence-corrected chi connectivity index (χ0v) is 10.2. The maximum absolute atomic E-state index is 13.0. The van der Waals surface area contributed by atoms with Gasteiger partial charge in [0.05, 0.1) is 23.9 Å². The molecule has 0 bridgehead atoms. The van der Waals surface area contributed by atoms with Crippen molar-refractivity contribution in [3.8, 4) is 0 Å². The minimum absolute atomic E-state index is 0.128. The van der Waals surface area contributed by atoms with E-state index in [9.17, 15) is 14.0 Å². The molecule has 0 fully saturated rings. The fraction of sp³-hybridized carbons (Fsp3) is 0.231. The summed E-state index contributed by atoms with van der Waals surface area (Å²) in [6.07, 6.45) is 0. The number of halogens is 1. The molecular formula is C13H12FN3O2. The number of hydrogen-bond acceptors (Lipinski definition) is 2. The molecule has 3 rings (SSSR count). The van der Waals surface area contributed by atoms with Crippen molar-refractivity contribution < 1.29 is 14.0 Å². The van der Waals surface area contributed by atoms with E-state index in [1.165, 1.54) is 17.0 Å². The molecular weight excluding hydrogens is 249 g/mol. The fourth-order valence-electron chi connectivity index (χ4n) is 2.42. The van der Waals surface area contributed by atoms with Crippen LogP contribution >= 0.6 is 0 Å². The van der Waals surface area contributed by atoms with Crippen LogP contribution in [0.25, 0.3) is 0 Å². The van der Waals surface area contributed by atoms with Crippen molar-refractivity contribution in [2.45, 2.75) is 6.04 Å². The summed E-state index contributed by atoms with van der Waals surface area (Å²) in [5.74, 6) is -0.482. The maximum atomic E-state index is 13.0. The zero-order valence-electron chi connectivity index (χ0n) is 10.2. The minimum Gasteiger partial charge on any atom is -0.336 e. The highest BCUT2D eigenvalue weighted by Crippen LogP contribution is 2.31. The molecule has 3 amide bonds. The molecule has 0 unspecified atom stereocenters. The summed E-state index contributed by atoms with van der Waals surface area (Å²) in [7, 11) is 1.68. The Labute approximate surface area is 109 Å². The second kappa shape index (κ2) is 4.08. The quantitative estimate of drug-likeness (QED) is 0.789. The summed E-state index contributed by atoms with van der Waals surface area (Å²) >= 11 is 0. The summed E-state index contributed by atoms with van der Waals surface area (Å²) in [5.41, 5.74) is 1.83. The van der Waals surface area contributed by atoms with Gasteiger partial charge in [-0.1, -0.05) is 12.1 Å². The summed E-state index contributed by atoms with van der Waals surface area (Å²) < 4.78 is 13.0. The van der Waals surface area contributed by atoms with Crippen LogP contribution in [0.4, 0.5) is 9.18 Å². The van der Waals surface area contributed by atoms with Gasteiger partial charge in [-0.25, -0.2) is 9.18 Å². The van der Waals surface area contributed by atoms with Gasteiger partial charge in [-0.15, -0.1) is 0 Å². The molecule has 6 heteroatoms. The van der Waals surface area contributed by atoms with Crippen LogP contribution in [0.1, 0.15) is 11.6 Å². The van der Waals surface area contributed by atoms with Crippen LogP contribution in [0.15, 0.2) is 35.5 Å². The molecule has 1 aromatic carbocycles. The molecule has 0 aliphatic carbocycles. The third-order valence-corrected chi connectivity index (χ3v) is 3.33. The molecule has 0 saturated heterocycles. The standard InChI is InChI=1S/C13H12FN3O2/c1-17-6-9-10(12(17)18)11(16-13(19)15-9)7-2-4-8(14)5-3-7/h2-5,11H,6H2,1H3,(H2,15,16,19)/t11-/m0/s1. The number of benzene rings is 1. The number of hydrogen-bond donors (Lipinski definition) is 2. The molecule has 2 heterocycles. The topological polar surface area (TPSA) is 61.4 Å². The van der Waals surface area contributed by atoms with Gasteiger partial charge in [0.2, 0.25) is 0 Å². The van der Waals surface area contributed by atoms with Crippen LogP contribution in [0.5, 0.6) is 0 Å². The largest absolute Gasteiger partial charge is 0.336 e. The van der Waals surface area contributed by atoms with Crippen molar-refractivity contribution in [3.05, 3.63) is 46.9 Å². The lowest BCUT2D eigenvalue weighted by Gasteiger charge is -2.25. The van der Waals surface area contributed by atoms with E-state index in [1.807, 2.05) is 0 Å². The fourth-order valence-corrected chi connectivity index (χ4v) is 2.42. The van der Waals surface area contributed by atoms with Gasteiger partial charge in [0, 0.05) is 7.05 Å². The SMILES string of the molecule is CN1CC2=C(C1=O)[C@H](c1ccc(F)cc1)NC(=O)N2. The van der Waals surface area contributed by atoms with E-state index in [4.69, 9.17) is 0 Å². The van der Waals surface area contributed by atoms with Gasteiger partial charge in [-0.2, -0.15) is 0 Å².